The minimum absolute atomic E-state index is 0.753. The number of benzene rings is 3. The maximum atomic E-state index is 2.58. The lowest BCUT2D eigenvalue weighted by molar-refractivity contribution is 0.554. The van der Waals surface area contributed by atoms with Crippen LogP contribution < -0.4 is 9.80 Å². The summed E-state index contributed by atoms with van der Waals surface area (Å²) in [5, 5.41) is 0. The van der Waals surface area contributed by atoms with Gasteiger partial charge in [0.05, 0.1) is 0 Å². The van der Waals surface area contributed by atoms with E-state index in [1.807, 2.05) is 0 Å². The van der Waals surface area contributed by atoms with Gasteiger partial charge in [-0.25, -0.2) is 0 Å². The Bertz CT molecular complexity index is 1350. The summed E-state index contributed by atoms with van der Waals surface area (Å²) in [6.45, 7) is 22.5. The molecule has 0 unspecified atom stereocenters. The van der Waals surface area contributed by atoms with Gasteiger partial charge in [-0.1, -0.05) is 80.8 Å². The molecule has 0 N–H and O–H groups in total. The number of allylic oxidation sites excluding steroid dienone is 4. The third kappa shape index (κ3) is 7.94. The maximum Gasteiger partial charge on any atom is 0.0376 e. The van der Waals surface area contributed by atoms with Gasteiger partial charge < -0.3 is 9.80 Å². The lowest BCUT2D eigenvalue weighted by Gasteiger charge is -2.38. The standard InChI is InChI=1S/C39H52N2/c1-9-34-15-17-35(18-16-34)33(8)39(32(7)31(6)12-10-11-28(2)3)36-25-30(5)26-38(27-36)41-23-21-40(22-24-41)37-19-13-29(4)14-20-37/h13-20,25-28H,9-12,21-24H2,1-8H3/b32-31-,39-33-. The number of anilines is 2. The van der Waals surface area contributed by atoms with Crippen LogP contribution in [0.1, 0.15) is 88.6 Å². The fourth-order valence-corrected chi connectivity index (χ4v) is 6.09. The Balaban J connectivity index is 1.68. The summed E-state index contributed by atoms with van der Waals surface area (Å²) in [5.41, 5.74) is 15.1. The van der Waals surface area contributed by atoms with Crippen LogP contribution in [0.3, 0.4) is 0 Å². The number of hydrogen-bond donors (Lipinski definition) is 0. The van der Waals surface area contributed by atoms with Crippen LogP contribution in [0.15, 0.2) is 77.9 Å². The predicted octanol–water partition coefficient (Wildman–Crippen LogP) is 10.3. The van der Waals surface area contributed by atoms with E-state index in [4.69, 9.17) is 0 Å². The molecule has 4 rings (SSSR count). The molecule has 0 saturated carbocycles. The molecule has 0 radical (unpaired) electrons. The summed E-state index contributed by atoms with van der Waals surface area (Å²) in [5.74, 6) is 0.753. The van der Waals surface area contributed by atoms with Crippen LogP contribution in [0, 0.1) is 19.8 Å². The van der Waals surface area contributed by atoms with Crippen molar-refractivity contribution in [2.75, 3.05) is 36.0 Å². The molecule has 1 fully saturated rings. The van der Waals surface area contributed by atoms with Crippen molar-refractivity contribution in [1.82, 2.24) is 0 Å². The van der Waals surface area contributed by atoms with Gasteiger partial charge in [0.2, 0.25) is 0 Å². The van der Waals surface area contributed by atoms with Gasteiger partial charge in [0, 0.05) is 37.6 Å². The van der Waals surface area contributed by atoms with Crippen LogP contribution in [0.4, 0.5) is 11.4 Å². The SMILES string of the molecule is CCc1ccc(/C(C)=C(/C(C)=C(/C)CCCC(C)C)c2cc(C)cc(N3CCN(c4ccc(C)cc4)CC3)c2)cc1. The zero-order chi connectivity index (χ0) is 29.5. The first-order chi connectivity index (χ1) is 19.7. The van der Waals surface area contributed by atoms with E-state index >= 15 is 0 Å². The molecule has 41 heavy (non-hydrogen) atoms. The molecule has 1 aliphatic heterocycles. The lowest BCUT2D eigenvalue weighted by Crippen LogP contribution is -2.46. The number of rotatable bonds is 10. The van der Waals surface area contributed by atoms with Crippen molar-refractivity contribution >= 4 is 22.5 Å². The Morgan fingerprint density at radius 2 is 1.32 bits per heavy atom. The van der Waals surface area contributed by atoms with Gasteiger partial charge in [-0.05, 0) is 123 Å². The van der Waals surface area contributed by atoms with Crippen LogP contribution in [0.2, 0.25) is 0 Å². The molecule has 2 nitrogen and oxygen atoms in total. The van der Waals surface area contributed by atoms with Crippen molar-refractivity contribution in [3.8, 4) is 0 Å². The highest BCUT2D eigenvalue weighted by Crippen LogP contribution is 2.37. The van der Waals surface area contributed by atoms with Gasteiger partial charge >= 0.3 is 0 Å². The summed E-state index contributed by atoms with van der Waals surface area (Å²) in [7, 11) is 0. The fraction of sp³-hybridized carbons (Fsp3) is 0.436. The van der Waals surface area contributed by atoms with Gasteiger partial charge in [-0.2, -0.15) is 0 Å². The first-order valence-electron chi connectivity index (χ1n) is 15.8. The monoisotopic (exact) mass is 548 g/mol. The van der Waals surface area contributed by atoms with Crippen LogP contribution in [-0.2, 0) is 6.42 Å². The second-order valence-corrected chi connectivity index (χ2v) is 12.6. The Morgan fingerprint density at radius 3 is 1.90 bits per heavy atom. The second kappa shape index (κ2) is 14.1. The van der Waals surface area contributed by atoms with E-state index < -0.39 is 0 Å². The average molecular weight is 549 g/mol. The smallest absolute Gasteiger partial charge is 0.0376 e. The van der Waals surface area contributed by atoms with E-state index in [0.29, 0.717) is 0 Å². The zero-order valence-electron chi connectivity index (χ0n) is 27.0. The predicted molar refractivity (Wildman–Crippen MR) is 182 cm³/mol. The van der Waals surface area contributed by atoms with Crippen molar-refractivity contribution in [3.63, 3.8) is 0 Å². The molecule has 218 valence electrons. The topological polar surface area (TPSA) is 6.48 Å². The molecule has 1 aliphatic rings. The van der Waals surface area contributed by atoms with Gasteiger partial charge in [0.15, 0.2) is 0 Å². The number of nitrogens with zero attached hydrogens (tertiary/aromatic N) is 2. The van der Waals surface area contributed by atoms with Crippen molar-refractivity contribution in [2.24, 2.45) is 5.92 Å². The highest BCUT2D eigenvalue weighted by Gasteiger charge is 2.20. The van der Waals surface area contributed by atoms with Crippen LogP contribution in [0.5, 0.6) is 0 Å². The van der Waals surface area contributed by atoms with Crippen molar-refractivity contribution in [3.05, 3.63) is 106 Å². The summed E-state index contributed by atoms with van der Waals surface area (Å²) >= 11 is 0. The van der Waals surface area contributed by atoms with Crippen LogP contribution >= 0.6 is 0 Å². The normalized spacial score (nSPS) is 15.2. The molecule has 0 bridgehead atoms. The minimum Gasteiger partial charge on any atom is -0.368 e. The van der Waals surface area contributed by atoms with Gasteiger partial charge in [-0.15, -0.1) is 0 Å². The Hall–Kier alpha value is -3.26. The molecular formula is C39H52N2. The number of hydrogen-bond acceptors (Lipinski definition) is 2. The fourth-order valence-electron chi connectivity index (χ4n) is 6.09. The minimum atomic E-state index is 0.753. The molecule has 1 saturated heterocycles. The largest absolute Gasteiger partial charge is 0.368 e. The molecular weight excluding hydrogens is 496 g/mol. The molecule has 1 heterocycles. The maximum absolute atomic E-state index is 2.58. The molecule has 3 aromatic rings. The second-order valence-electron chi connectivity index (χ2n) is 12.6. The lowest BCUT2D eigenvalue weighted by atomic mass is 9.86. The molecule has 2 heteroatoms. The molecule has 0 amide bonds. The van der Waals surface area contributed by atoms with E-state index in [-0.39, 0.29) is 0 Å². The molecule has 0 spiro atoms. The Morgan fingerprint density at radius 1 is 0.707 bits per heavy atom. The van der Waals surface area contributed by atoms with E-state index in [9.17, 15) is 0 Å². The van der Waals surface area contributed by atoms with Crippen molar-refractivity contribution < 1.29 is 0 Å². The summed E-state index contributed by atoms with van der Waals surface area (Å²) in [6.07, 6.45) is 4.77. The molecule has 3 aromatic carbocycles. The van der Waals surface area contributed by atoms with Crippen LogP contribution in [-0.4, -0.2) is 26.2 Å². The zero-order valence-corrected chi connectivity index (χ0v) is 27.0. The van der Waals surface area contributed by atoms with Crippen LogP contribution in [0.25, 0.3) is 11.1 Å². The Kier molecular flexibility index (Phi) is 10.5. The van der Waals surface area contributed by atoms with E-state index in [1.54, 1.807) is 0 Å². The van der Waals surface area contributed by atoms with Crippen molar-refractivity contribution in [1.29, 1.82) is 0 Å². The first-order valence-corrected chi connectivity index (χ1v) is 15.8. The molecule has 0 atom stereocenters. The van der Waals surface area contributed by atoms with Gasteiger partial charge in [0.25, 0.3) is 0 Å². The van der Waals surface area contributed by atoms with E-state index in [2.05, 4.69) is 132 Å². The quantitative estimate of drug-likeness (QED) is 0.184. The third-order valence-corrected chi connectivity index (χ3v) is 8.91. The number of piperazine rings is 1. The summed E-state index contributed by atoms with van der Waals surface area (Å²) in [4.78, 5) is 5.11. The Labute approximate surface area is 250 Å². The van der Waals surface area contributed by atoms with Gasteiger partial charge in [-0.3, -0.25) is 0 Å². The highest BCUT2D eigenvalue weighted by molar-refractivity contribution is 5.98. The van der Waals surface area contributed by atoms with Gasteiger partial charge in [0.1, 0.15) is 0 Å². The van der Waals surface area contributed by atoms with E-state index in [0.717, 1.165) is 44.9 Å². The number of aryl methyl sites for hydroxylation is 3. The summed E-state index contributed by atoms with van der Waals surface area (Å²) < 4.78 is 0. The highest BCUT2D eigenvalue weighted by atomic mass is 15.3. The molecule has 0 aromatic heterocycles. The average Bonchev–Trinajstić information content (AvgIpc) is 2.97. The van der Waals surface area contributed by atoms with E-state index in [1.165, 1.54) is 74.3 Å². The summed E-state index contributed by atoms with van der Waals surface area (Å²) in [6, 6.07) is 25.4. The third-order valence-electron chi connectivity index (χ3n) is 8.91. The molecule has 0 aliphatic carbocycles. The first kappa shape index (κ1) is 30.7. The van der Waals surface area contributed by atoms with Crippen molar-refractivity contribution in [2.45, 2.75) is 81.1 Å².